The highest BCUT2D eigenvalue weighted by Crippen LogP contribution is 2.35. The number of aromatic nitrogens is 1. The zero-order valence-electron chi connectivity index (χ0n) is 6.96. The van der Waals surface area contributed by atoms with Crippen LogP contribution in [0.15, 0.2) is 21.3 Å². The third-order valence-electron chi connectivity index (χ3n) is 1.60. The highest BCUT2D eigenvalue weighted by Gasteiger charge is 2.15. The average Bonchev–Trinajstić information content (AvgIpc) is 2.49. The van der Waals surface area contributed by atoms with Crippen LogP contribution in [0.5, 0.6) is 0 Å². The molecule has 15 heavy (non-hydrogen) atoms. The Morgan fingerprint density at radius 1 is 1.20 bits per heavy atom. The van der Waals surface area contributed by atoms with E-state index < -0.39 is 4.94 Å². The van der Waals surface area contributed by atoms with Gasteiger partial charge in [0.05, 0.1) is 27.1 Å². The third kappa shape index (κ3) is 2.18. The zero-order valence-corrected chi connectivity index (χ0v) is 10.0. The molecule has 78 valence electrons. The summed E-state index contributed by atoms with van der Waals surface area (Å²) in [7, 11) is 0. The molecule has 1 heterocycles. The molecule has 2 aromatic rings. The minimum atomic E-state index is -0.507. The topological polar surface area (TPSA) is 43.1 Å². The summed E-state index contributed by atoms with van der Waals surface area (Å²) in [5.41, 5.74) is 0.376. The Bertz CT molecular complexity index is 540. The minimum Gasteiger partial charge on any atom is -0.394 e. The summed E-state index contributed by atoms with van der Waals surface area (Å²) in [6, 6.07) is 3.01. The first-order valence-electron chi connectivity index (χ1n) is 3.69. The average molecular weight is 283 g/mol. The van der Waals surface area contributed by atoms with Crippen LogP contribution in [0.4, 0.5) is 0 Å². The van der Waals surface area contributed by atoms with Crippen molar-refractivity contribution in [3.05, 3.63) is 36.9 Å². The zero-order chi connectivity index (χ0) is 11.0. The summed E-state index contributed by atoms with van der Waals surface area (Å²) in [6.45, 7) is 0. The fraction of sp³-hybridized carbons (Fsp3) is 0. The lowest BCUT2D eigenvalue weighted by Gasteiger charge is -2.02. The minimum absolute atomic E-state index is 0.108. The van der Waals surface area contributed by atoms with Crippen LogP contribution < -0.4 is 4.94 Å². The normalized spacial score (nSPS) is 10.6. The largest absolute Gasteiger partial charge is 0.414 e. The summed E-state index contributed by atoms with van der Waals surface area (Å²) in [5, 5.41) is 0.995. The van der Waals surface area contributed by atoms with Gasteiger partial charge in [-0.15, -0.1) is 4.37 Å². The maximum absolute atomic E-state index is 10.8. The van der Waals surface area contributed by atoms with E-state index >= 15 is 0 Å². The fourth-order valence-corrected chi connectivity index (χ4v) is 2.42. The first kappa shape index (κ1) is 11.0. The van der Waals surface area contributed by atoms with E-state index in [1.165, 1.54) is 12.1 Å². The SMILES string of the molecule is O=c1oc(-c2c(Cl)cc(Cl)cc2Cl)ns1. The van der Waals surface area contributed by atoms with Gasteiger partial charge in [-0.05, 0) is 12.1 Å². The lowest BCUT2D eigenvalue weighted by molar-refractivity contribution is 0.543. The van der Waals surface area contributed by atoms with E-state index in [4.69, 9.17) is 39.2 Å². The van der Waals surface area contributed by atoms with Gasteiger partial charge in [-0.1, -0.05) is 34.8 Å². The number of benzene rings is 1. The molecule has 1 aromatic heterocycles. The molecule has 0 N–H and O–H groups in total. The molecule has 2 rings (SSSR count). The van der Waals surface area contributed by atoms with E-state index in [2.05, 4.69) is 4.37 Å². The van der Waals surface area contributed by atoms with Crippen molar-refractivity contribution in [2.45, 2.75) is 0 Å². The number of rotatable bonds is 1. The van der Waals surface area contributed by atoms with Crippen molar-refractivity contribution in [1.82, 2.24) is 4.37 Å². The molecule has 0 fully saturated rings. The quantitative estimate of drug-likeness (QED) is 0.800. The van der Waals surface area contributed by atoms with Crippen molar-refractivity contribution in [2.24, 2.45) is 0 Å². The van der Waals surface area contributed by atoms with Crippen LogP contribution in [-0.4, -0.2) is 4.37 Å². The van der Waals surface area contributed by atoms with Crippen LogP contribution in [-0.2, 0) is 0 Å². The lowest BCUT2D eigenvalue weighted by atomic mass is 10.2. The summed E-state index contributed by atoms with van der Waals surface area (Å²) in [5.74, 6) is 0.108. The Morgan fingerprint density at radius 2 is 1.80 bits per heavy atom. The first-order valence-corrected chi connectivity index (χ1v) is 5.60. The van der Waals surface area contributed by atoms with Crippen LogP contribution >= 0.6 is 46.3 Å². The molecule has 0 spiro atoms. The van der Waals surface area contributed by atoms with E-state index in [1.807, 2.05) is 0 Å². The molecular weight excluding hydrogens is 281 g/mol. The summed E-state index contributed by atoms with van der Waals surface area (Å²) >= 11 is 18.3. The Hall–Kier alpha value is -0.550. The molecule has 0 saturated heterocycles. The first-order chi connectivity index (χ1) is 7.08. The Balaban J connectivity index is 2.67. The van der Waals surface area contributed by atoms with Crippen molar-refractivity contribution >= 4 is 46.3 Å². The Labute approximate surface area is 103 Å². The molecule has 1 aromatic carbocycles. The van der Waals surface area contributed by atoms with E-state index in [1.54, 1.807) is 0 Å². The van der Waals surface area contributed by atoms with Gasteiger partial charge in [-0.2, -0.15) is 0 Å². The second kappa shape index (κ2) is 4.14. The summed E-state index contributed by atoms with van der Waals surface area (Å²) in [4.78, 5) is 10.3. The molecular formula is C8H2Cl3NO2S. The maximum atomic E-state index is 10.8. The van der Waals surface area contributed by atoms with Gasteiger partial charge in [-0.3, -0.25) is 0 Å². The number of halogens is 3. The van der Waals surface area contributed by atoms with Gasteiger partial charge in [0.1, 0.15) is 0 Å². The molecule has 3 nitrogen and oxygen atoms in total. The molecule has 0 aliphatic heterocycles. The monoisotopic (exact) mass is 281 g/mol. The Morgan fingerprint density at radius 3 is 2.27 bits per heavy atom. The van der Waals surface area contributed by atoms with Crippen molar-refractivity contribution < 1.29 is 4.42 Å². The van der Waals surface area contributed by atoms with E-state index in [0.29, 0.717) is 32.2 Å². The molecule has 0 aliphatic carbocycles. The number of hydrogen-bond acceptors (Lipinski definition) is 4. The highest BCUT2D eigenvalue weighted by atomic mass is 35.5. The van der Waals surface area contributed by atoms with Gasteiger partial charge < -0.3 is 4.42 Å². The lowest BCUT2D eigenvalue weighted by Crippen LogP contribution is -1.84. The molecule has 0 radical (unpaired) electrons. The van der Waals surface area contributed by atoms with Crippen molar-refractivity contribution in [1.29, 1.82) is 0 Å². The predicted molar refractivity (Wildman–Crippen MR) is 61.1 cm³/mol. The molecule has 0 saturated carbocycles. The Kier molecular flexibility index (Phi) is 3.02. The van der Waals surface area contributed by atoms with E-state index in [9.17, 15) is 4.79 Å². The smallest absolute Gasteiger partial charge is 0.394 e. The number of nitrogens with zero attached hydrogens (tertiary/aromatic N) is 1. The van der Waals surface area contributed by atoms with Crippen LogP contribution in [0.2, 0.25) is 15.1 Å². The maximum Gasteiger partial charge on any atom is 0.414 e. The van der Waals surface area contributed by atoms with Crippen LogP contribution in [0.25, 0.3) is 11.5 Å². The second-order valence-electron chi connectivity index (χ2n) is 2.58. The molecule has 0 atom stereocenters. The van der Waals surface area contributed by atoms with Crippen LogP contribution in [0, 0.1) is 0 Å². The third-order valence-corrected chi connectivity index (χ3v) is 2.91. The van der Waals surface area contributed by atoms with Crippen molar-refractivity contribution in [3.8, 4) is 11.5 Å². The van der Waals surface area contributed by atoms with Crippen LogP contribution in [0.1, 0.15) is 0 Å². The highest BCUT2D eigenvalue weighted by molar-refractivity contribution is 7.02. The number of hydrogen-bond donors (Lipinski definition) is 0. The van der Waals surface area contributed by atoms with E-state index in [0.717, 1.165) is 0 Å². The molecule has 0 bridgehead atoms. The van der Waals surface area contributed by atoms with Gasteiger partial charge >= 0.3 is 4.94 Å². The van der Waals surface area contributed by atoms with Crippen LogP contribution in [0.3, 0.4) is 0 Å². The summed E-state index contributed by atoms with van der Waals surface area (Å²) < 4.78 is 8.60. The van der Waals surface area contributed by atoms with Gasteiger partial charge in [0, 0.05) is 5.02 Å². The van der Waals surface area contributed by atoms with Gasteiger partial charge in [-0.25, -0.2) is 4.79 Å². The van der Waals surface area contributed by atoms with Gasteiger partial charge in [0.2, 0.25) is 5.89 Å². The summed E-state index contributed by atoms with van der Waals surface area (Å²) in [6.07, 6.45) is 0. The van der Waals surface area contributed by atoms with Crippen molar-refractivity contribution in [2.75, 3.05) is 0 Å². The molecule has 0 amide bonds. The molecule has 0 aliphatic rings. The van der Waals surface area contributed by atoms with Gasteiger partial charge in [0.15, 0.2) is 0 Å². The van der Waals surface area contributed by atoms with E-state index in [-0.39, 0.29) is 5.89 Å². The second-order valence-corrected chi connectivity index (χ2v) is 4.53. The van der Waals surface area contributed by atoms with Crippen molar-refractivity contribution in [3.63, 3.8) is 0 Å². The standard InChI is InChI=1S/C8H2Cl3NO2S/c9-3-1-4(10)6(5(11)2-3)7-12-15-8(13)14-7/h1-2H. The predicted octanol–water partition coefficient (Wildman–Crippen LogP) is 3.72. The molecule has 0 unspecified atom stereocenters. The molecule has 7 heteroatoms. The van der Waals surface area contributed by atoms with Gasteiger partial charge in [0.25, 0.3) is 0 Å². The fourth-order valence-electron chi connectivity index (χ4n) is 1.04.